The van der Waals surface area contributed by atoms with Crippen LogP contribution in [0.1, 0.15) is 10.4 Å². The van der Waals surface area contributed by atoms with Crippen molar-refractivity contribution in [2.75, 3.05) is 79.0 Å². The van der Waals surface area contributed by atoms with Crippen LogP contribution in [0.15, 0.2) is 60.7 Å². The third-order valence-electron chi connectivity index (χ3n) is 6.74. The molecule has 0 unspecified atom stereocenters. The maximum atomic E-state index is 13.2. The van der Waals surface area contributed by atoms with Gasteiger partial charge in [-0.1, -0.05) is 12.1 Å². The van der Waals surface area contributed by atoms with Gasteiger partial charge < -0.3 is 29.1 Å². The smallest absolute Gasteiger partial charge is 0.254 e. The van der Waals surface area contributed by atoms with E-state index in [1.54, 1.807) is 43.4 Å². The molecular weight excluding hydrogens is 496 g/mol. The summed E-state index contributed by atoms with van der Waals surface area (Å²) < 4.78 is 10.5. The number of benzene rings is 2. The highest BCUT2D eigenvalue weighted by molar-refractivity contribution is 5.96. The van der Waals surface area contributed by atoms with Crippen molar-refractivity contribution in [1.82, 2.24) is 24.9 Å². The van der Waals surface area contributed by atoms with Crippen molar-refractivity contribution >= 4 is 17.6 Å². The van der Waals surface area contributed by atoms with Crippen molar-refractivity contribution in [3.8, 4) is 22.8 Å². The van der Waals surface area contributed by atoms with E-state index in [0.29, 0.717) is 50.6 Å². The maximum Gasteiger partial charge on any atom is 0.254 e. The third-order valence-corrected chi connectivity index (χ3v) is 6.74. The zero-order valence-electron chi connectivity index (χ0n) is 23.0. The number of likely N-dealkylation sites (N-methyl/N-ethyl adjacent to an activating group) is 1. The van der Waals surface area contributed by atoms with Crippen molar-refractivity contribution in [2.45, 2.75) is 0 Å². The number of ether oxygens (including phenoxy) is 2. The van der Waals surface area contributed by atoms with Crippen LogP contribution in [0.5, 0.6) is 11.5 Å². The molecule has 0 spiro atoms. The Balaban J connectivity index is 1.35. The SMILES string of the molecule is COc1ccc(C(=O)N(CCN(C)C)CC(=O)N2CCN(c3ccc(-c4cccc(OC)c4)nn3)CC2)cc1. The number of methoxy groups -OCH3 is 2. The van der Waals surface area contributed by atoms with Gasteiger partial charge in [0.05, 0.1) is 19.9 Å². The van der Waals surface area contributed by atoms with Gasteiger partial charge in [0.1, 0.15) is 18.0 Å². The highest BCUT2D eigenvalue weighted by atomic mass is 16.5. The van der Waals surface area contributed by atoms with E-state index in [-0.39, 0.29) is 18.4 Å². The Morgan fingerprint density at radius 3 is 2.18 bits per heavy atom. The number of hydrogen-bond donors (Lipinski definition) is 0. The van der Waals surface area contributed by atoms with Crippen molar-refractivity contribution in [2.24, 2.45) is 0 Å². The van der Waals surface area contributed by atoms with Gasteiger partial charge in [-0.2, -0.15) is 0 Å². The Morgan fingerprint density at radius 1 is 0.846 bits per heavy atom. The van der Waals surface area contributed by atoms with E-state index in [9.17, 15) is 9.59 Å². The van der Waals surface area contributed by atoms with Crippen LogP contribution in [0, 0.1) is 0 Å². The average Bonchev–Trinajstić information content (AvgIpc) is 2.99. The molecule has 10 heteroatoms. The number of rotatable bonds is 10. The molecule has 0 N–H and O–H groups in total. The predicted octanol–water partition coefficient (Wildman–Crippen LogP) is 2.51. The maximum absolute atomic E-state index is 13.2. The van der Waals surface area contributed by atoms with E-state index < -0.39 is 0 Å². The molecule has 0 aliphatic carbocycles. The largest absolute Gasteiger partial charge is 0.497 e. The highest BCUT2D eigenvalue weighted by Crippen LogP contribution is 2.23. The van der Waals surface area contributed by atoms with Gasteiger partial charge in [0.15, 0.2) is 5.82 Å². The number of aromatic nitrogens is 2. The number of amides is 2. The second-order valence-corrected chi connectivity index (χ2v) is 9.64. The molecule has 206 valence electrons. The number of carbonyl (C=O) groups is 2. The van der Waals surface area contributed by atoms with Crippen molar-refractivity contribution in [3.63, 3.8) is 0 Å². The fraction of sp³-hybridized carbons (Fsp3) is 0.379. The van der Waals surface area contributed by atoms with Crippen LogP contribution in [-0.2, 0) is 4.79 Å². The summed E-state index contributed by atoms with van der Waals surface area (Å²) in [6.45, 7) is 3.54. The summed E-state index contributed by atoms with van der Waals surface area (Å²) in [5.74, 6) is 1.99. The molecule has 0 radical (unpaired) electrons. The van der Waals surface area contributed by atoms with Crippen LogP contribution in [-0.4, -0.2) is 111 Å². The average molecular weight is 533 g/mol. The van der Waals surface area contributed by atoms with Gasteiger partial charge >= 0.3 is 0 Å². The summed E-state index contributed by atoms with van der Waals surface area (Å²) in [6.07, 6.45) is 0. The van der Waals surface area contributed by atoms with Crippen LogP contribution >= 0.6 is 0 Å². The van der Waals surface area contributed by atoms with E-state index in [1.165, 1.54) is 0 Å². The summed E-state index contributed by atoms with van der Waals surface area (Å²) in [5.41, 5.74) is 2.24. The zero-order valence-corrected chi connectivity index (χ0v) is 23.0. The number of carbonyl (C=O) groups excluding carboxylic acids is 2. The monoisotopic (exact) mass is 532 g/mol. The molecule has 1 aliphatic rings. The predicted molar refractivity (Wildman–Crippen MR) is 150 cm³/mol. The Kier molecular flexibility index (Phi) is 9.32. The molecule has 1 aromatic heterocycles. The van der Waals surface area contributed by atoms with Crippen molar-refractivity contribution < 1.29 is 19.1 Å². The number of hydrogen-bond acceptors (Lipinski definition) is 8. The molecule has 1 fully saturated rings. The van der Waals surface area contributed by atoms with Gasteiger partial charge in [0, 0.05) is 50.4 Å². The van der Waals surface area contributed by atoms with Gasteiger partial charge in [-0.3, -0.25) is 9.59 Å². The molecule has 39 heavy (non-hydrogen) atoms. The lowest BCUT2D eigenvalue weighted by Crippen LogP contribution is -2.52. The Bertz CT molecular complexity index is 1240. The molecule has 3 aromatic rings. The van der Waals surface area contributed by atoms with Crippen molar-refractivity contribution in [3.05, 3.63) is 66.2 Å². The van der Waals surface area contributed by atoms with Gasteiger partial charge in [-0.25, -0.2) is 0 Å². The summed E-state index contributed by atoms with van der Waals surface area (Å²) in [7, 11) is 7.12. The molecule has 1 aliphatic heterocycles. The summed E-state index contributed by atoms with van der Waals surface area (Å²) >= 11 is 0. The zero-order chi connectivity index (χ0) is 27.8. The first-order valence-corrected chi connectivity index (χ1v) is 13.0. The fourth-order valence-electron chi connectivity index (χ4n) is 4.37. The third kappa shape index (κ3) is 7.23. The van der Waals surface area contributed by atoms with Gasteiger partial charge in [-0.05, 0) is 62.6 Å². The number of anilines is 1. The Labute approximate surface area is 229 Å². The summed E-state index contributed by atoms with van der Waals surface area (Å²) in [4.78, 5) is 34.0. The Hall–Kier alpha value is -4.18. The molecule has 0 bridgehead atoms. The van der Waals surface area contributed by atoms with Crippen LogP contribution in [0.2, 0.25) is 0 Å². The molecule has 1 saturated heterocycles. The minimum Gasteiger partial charge on any atom is -0.497 e. The van der Waals surface area contributed by atoms with E-state index in [2.05, 4.69) is 15.1 Å². The van der Waals surface area contributed by atoms with E-state index in [1.807, 2.05) is 60.3 Å². The van der Waals surface area contributed by atoms with E-state index in [0.717, 1.165) is 22.8 Å². The van der Waals surface area contributed by atoms with Crippen LogP contribution < -0.4 is 14.4 Å². The molecule has 2 amide bonds. The van der Waals surface area contributed by atoms with Crippen LogP contribution in [0.3, 0.4) is 0 Å². The molecular formula is C29H36N6O4. The van der Waals surface area contributed by atoms with Crippen molar-refractivity contribution in [1.29, 1.82) is 0 Å². The number of nitrogens with zero attached hydrogens (tertiary/aromatic N) is 6. The lowest BCUT2D eigenvalue weighted by atomic mass is 10.1. The second-order valence-electron chi connectivity index (χ2n) is 9.64. The van der Waals surface area contributed by atoms with Crippen LogP contribution in [0.4, 0.5) is 5.82 Å². The topological polar surface area (TPSA) is 91.3 Å². The minimum absolute atomic E-state index is 0.0355. The van der Waals surface area contributed by atoms with Gasteiger partial charge in [0.2, 0.25) is 5.91 Å². The number of piperazine rings is 1. The van der Waals surface area contributed by atoms with E-state index >= 15 is 0 Å². The Morgan fingerprint density at radius 2 is 1.56 bits per heavy atom. The van der Waals surface area contributed by atoms with Crippen LogP contribution in [0.25, 0.3) is 11.3 Å². The highest BCUT2D eigenvalue weighted by Gasteiger charge is 2.26. The standard InChI is InChI=1S/C29H36N6O4/c1-32(2)14-15-35(29(37)22-8-10-24(38-3)11-9-22)21-28(36)34-18-16-33(17-19-34)27-13-12-26(30-31-27)23-6-5-7-25(20-23)39-4/h5-13,20H,14-19,21H2,1-4H3. The molecule has 2 aromatic carbocycles. The normalized spacial score (nSPS) is 13.4. The molecule has 0 saturated carbocycles. The first-order valence-electron chi connectivity index (χ1n) is 13.0. The molecule has 4 rings (SSSR count). The quantitative estimate of drug-likeness (QED) is 0.394. The summed E-state index contributed by atoms with van der Waals surface area (Å²) in [6, 6.07) is 18.6. The second kappa shape index (κ2) is 13.1. The van der Waals surface area contributed by atoms with Gasteiger partial charge in [0.25, 0.3) is 5.91 Å². The lowest BCUT2D eigenvalue weighted by Gasteiger charge is -2.36. The first kappa shape index (κ1) is 27.8. The molecule has 2 heterocycles. The van der Waals surface area contributed by atoms with E-state index in [4.69, 9.17) is 9.47 Å². The fourth-order valence-corrected chi connectivity index (χ4v) is 4.37. The lowest BCUT2D eigenvalue weighted by molar-refractivity contribution is -0.132. The van der Waals surface area contributed by atoms with Gasteiger partial charge in [-0.15, -0.1) is 10.2 Å². The molecule has 10 nitrogen and oxygen atoms in total. The minimum atomic E-state index is -0.169. The molecule has 0 atom stereocenters. The summed E-state index contributed by atoms with van der Waals surface area (Å²) in [5, 5.41) is 8.83. The first-order chi connectivity index (χ1) is 18.9.